The first-order chi connectivity index (χ1) is 25.2. The molecular weight excluding hydrogens is 678 g/mol. The topological polar surface area (TPSA) is 99.2 Å². The molecule has 2 fully saturated rings. The summed E-state index contributed by atoms with van der Waals surface area (Å²) in [7, 11) is 4.39. The third kappa shape index (κ3) is 4.34. The van der Waals surface area contributed by atoms with E-state index in [-0.39, 0.29) is 22.1 Å². The van der Waals surface area contributed by atoms with E-state index in [0.717, 1.165) is 4.90 Å². The predicted octanol–water partition coefficient (Wildman–Crippen LogP) is 7.33. The van der Waals surface area contributed by atoms with E-state index in [0.29, 0.717) is 44.9 Å². The van der Waals surface area contributed by atoms with Crippen LogP contribution in [0.5, 0.6) is 11.5 Å². The number of methoxy groups -OCH3 is 3. The van der Waals surface area contributed by atoms with Crippen LogP contribution in [0.15, 0.2) is 127 Å². The average Bonchev–Trinajstić information content (AvgIpc) is 3.70. The largest absolute Gasteiger partial charge is 0.497 e. The van der Waals surface area contributed by atoms with Gasteiger partial charge in [-0.25, -0.2) is 9.69 Å². The minimum Gasteiger partial charge on any atom is -0.497 e. The Kier molecular flexibility index (Phi) is 7.88. The average molecular weight is 710 g/mol. The third-order valence-electron chi connectivity index (χ3n) is 10.8. The van der Waals surface area contributed by atoms with E-state index in [1.54, 1.807) is 14.2 Å². The maximum atomic E-state index is 16.1. The number of esters is 1. The molecular formula is C43H32ClNO7. The van der Waals surface area contributed by atoms with Crippen LogP contribution in [0.4, 0.5) is 5.69 Å². The van der Waals surface area contributed by atoms with Gasteiger partial charge in [-0.2, -0.15) is 0 Å². The van der Waals surface area contributed by atoms with Gasteiger partial charge in [-0.1, -0.05) is 96.5 Å². The van der Waals surface area contributed by atoms with Crippen molar-refractivity contribution in [2.24, 2.45) is 11.8 Å². The minimum absolute atomic E-state index is 0.00453. The van der Waals surface area contributed by atoms with E-state index in [9.17, 15) is 4.79 Å². The van der Waals surface area contributed by atoms with Crippen molar-refractivity contribution in [3.05, 3.63) is 160 Å². The number of nitrogens with zero attached hydrogens (tertiary/aromatic N) is 1. The number of imide groups is 1. The lowest BCUT2D eigenvalue weighted by molar-refractivity contribution is -0.130. The number of halogens is 1. The molecule has 1 saturated carbocycles. The van der Waals surface area contributed by atoms with Crippen molar-refractivity contribution in [3.63, 3.8) is 0 Å². The number of hydrogen-bond donors (Lipinski definition) is 0. The van der Waals surface area contributed by atoms with E-state index >= 15 is 14.4 Å². The first kappa shape index (κ1) is 33.2. The number of ether oxygens (including phenoxy) is 3. The van der Waals surface area contributed by atoms with E-state index in [4.69, 9.17) is 25.8 Å². The van der Waals surface area contributed by atoms with Crippen molar-refractivity contribution in [3.8, 4) is 11.5 Å². The van der Waals surface area contributed by atoms with E-state index < -0.39 is 40.4 Å². The van der Waals surface area contributed by atoms with Crippen LogP contribution in [0.3, 0.4) is 0 Å². The lowest BCUT2D eigenvalue weighted by Gasteiger charge is -2.39. The number of Topliss-reactive ketones (excluding diaryl/α,β-unsaturated/α-hetero) is 1. The van der Waals surface area contributed by atoms with Gasteiger partial charge in [0.15, 0.2) is 5.78 Å². The summed E-state index contributed by atoms with van der Waals surface area (Å²) in [4.78, 5) is 60.5. The van der Waals surface area contributed by atoms with Crippen LogP contribution in [0, 0.1) is 11.8 Å². The van der Waals surface area contributed by atoms with Crippen molar-refractivity contribution in [1.29, 1.82) is 0 Å². The summed E-state index contributed by atoms with van der Waals surface area (Å²) in [6.07, 6.45) is 0. The quantitative estimate of drug-likeness (QED) is 0.123. The molecule has 5 aromatic rings. The van der Waals surface area contributed by atoms with Crippen molar-refractivity contribution in [2.75, 3.05) is 26.2 Å². The number of ketones is 1. The second-order valence-electron chi connectivity index (χ2n) is 13.0. The second-order valence-corrected chi connectivity index (χ2v) is 13.4. The standard InChI is InChI=1S/C43H32ClNO7/c1-50-30-19-14-25(15-20-30)34-35(26-16-21-31(51-2)22-17-26)43(28-12-8-5-9-13-28)37-36(42(34,41(43)49)27-10-6-4-7-11-27)38(46)45(39(37)47)29-18-23-33(44)32(24-29)40(48)52-3/h4-24,36-37H,1-3H3/t36-,37-,42-,43-/m0/s1. The van der Waals surface area contributed by atoms with Gasteiger partial charge in [0.1, 0.15) is 11.5 Å². The molecule has 0 unspecified atom stereocenters. The molecule has 0 aromatic heterocycles. The number of hydrogen-bond acceptors (Lipinski definition) is 7. The summed E-state index contributed by atoms with van der Waals surface area (Å²) in [5, 5.41) is 0.108. The Morgan fingerprint density at radius 2 is 1.06 bits per heavy atom. The highest BCUT2D eigenvalue weighted by Gasteiger charge is 2.82. The van der Waals surface area contributed by atoms with Gasteiger partial charge >= 0.3 is 5.97 Å². The zero-order valence-electron chi connectivity index (χ0n) is 28.5. The fourth-order valence-corrected chi connectivity index (χ4v) is 9.01. The van der Waals surface area contributed by atoms with Crippen molar-refractivity contribution in [2.45, 2.75) is 10.8 Å². The Morgan fingerprint density at radius 1 is 0.615 bits per heavy atom. The Hall–Kier alpha value is -5.99. The molecule has 0 N–H and O–H groups in total. The molecule has 0 radical (unpaired) electrons. The Balaban J connectivity index is 1.51. The van der Waals surface area contributed by atoms with Gasteiger partial charge in [0.05, 0.1) is 60.3 Å². The number of allylic oxidation sites excluding steroid dienone is 2. The van der Waals surface area contributed by atoms with Crippen LogP contribution in [0.25, 0.3) is 11.1 Å². The summed E-state index contributed by atoms with van der Waals surface area (Å²) in [6.45, 7) is 0. The van der Waals surface area contributed by atoms with Gasteiger partial charge in [0, 0.05) is 0 Å². The molecule has 1 saturated heterocycles. The molecule has 9 heteroatoms. The minimum atomic E-state index is -1.61. The third-order valence-corrected chi connectivity index (χ3v) is 11.2. The second kappa shape index (κ2) is 12.4. The van der Waals surface area contributed by atoms with Crippen LogP contribution < -0.4 is 14.4 Å². The Bertz CT molecular complexity index is 2180. The summed E-state index contributed by atoms with van der Waals surface area (Å²) >= 11 is 6.38. The lowest BCUT2D eigenvalue weighted by atomic mass is 9.59. The Labute approximate surface area is 305 Å². The van der Waals surface area contributed by atoms with Gasteiger partial charge < -0.3 is 14.2 Å². The smallest absolute Gasteiger partial charge is 0.339 e. The molecule has 258 valence electrons. The molecule has 1 aliphatic heterocycles. The summed E-state index contributed by atoms with van der Waals surface area (Å²) < 4.78 is 16.0. The summed E-state index contributed by atoms with van der Waals surface area (Å²) in [6, 6.07) is 37.7. The monoisotopic (exact) mass is 709 g/mol. The van der Waals surface area contributed by atoms with E-state index in [1.807, 2.05) is 109 Å². The number of fused-ring (bicyclic) bond motifs is 5. The summed E-state index contributed by atoms with van der Waals surface area (Å²) in [5.74, 6) is -3.12. The van der Waals surface area contributed by atoms with Gasteiger partial charge in [-0.3, -0.25) is 14.4 Å². The van der Waals surface area contributed by atoms with E-state index in [2.05, 4.69) is 0 Å². The van der Waals surface area contributed by atoms with Crippen LogP contribution in [0.2, 0.25) is 5.02 Å². The first-order valence-electron chi connectivity index (χ1n) is 16.7. The zero-order chi connectivity index (χ0) is 36.4. The van der Waals surface area contributed by atoms with Crippen LogP contribution in [-0.4, -0.2) is 44.9 Å². The van der Waals surface area contributed by atoms with Crippen LogP contribution in [-0.2, 0) is 30.0 Å². The fraction of sp³-hybridized carbons (Fsp3) is 0.163. The zero-order valence-corrected chi connectivity index (χ0v) is 29.2. The number of carbonyl (C=O) groups is 4. The number of amides is 2. The van der Waals surface area contributed by atoms with Crippen molar-refractivity contribution < 1.29 is 33.4 Å². The molecule has 8 rings (SSSR count). The van der Waals surface area contributed by atoms with Gasteiger partial charge in [0.2, 0.25) is 11.8 Å². The molecule has 8 nitrogen and oxygen atoms in total. The molecule has 52 heavy (non-hydrogen) atoms. The molecule has 0 spiro atoms. The van der Waals surface area contributed by atoms with Crippen LogP contribution in [0.1, 0.15) is 32.6 Å². The molecule has 2 aliphatic carbocycles. The SMILES string of the molecule is COC(=O)c1cc(N2C(=O)[C@@H]3[C@@H](C2=O)[C@@]2(c4ccccc4)C(=O)[C@@]3(c3ccccc3)C(c3ccc(OC)cc3)=C2c2ccc(OC)cc2)ccc1Cl. The number of carbonyl (C=O) groups excluding carboxylic acids is 4. The number of anilines is 1. The molecule has 4 atom stereocenters. The lowest BCUT2D eigenvalue weighted by Crippen LogP contribution is -2.45. The maximum absolute atomic E-state index is 16.1. The maximum Gasteiger partial charge on any atom is 0.339 e. The Morgan fingerprint density at radius 3 is 1.46 bits per heavy atom. The van der Waals surface area contributed by atoms with Crippen molar-refractivity contribution >= 4 is 52.0 Å². The van der Waals surface area contributed by atoms with Gasteiger partial charge in [-0.15, -0.1) is 0 Å². The molecule has 3 aliphatic rings. The predicted molar refractivity (Wildman–Crippen MR) is 196 cm³/mol. The highest BCUT2D eigenvalue weighted by atomic mass is 35.5. The molecule has 1 heterocycles. The number of benzene rings is 5. The number of rotatable bonds is 8. The van der Waals surface area contributed by atoms with E-state index in [1.165, 1.54) is 25.3 Å². The van der Waals surface area contributed by atoms with Crippen LogP contribution >= 0.6 is 11.6 Å². The molecule has 2 amide bonds. The van der Waals surface area contributed by atoms with Gasteiger partial charge in [0.25, 0.3) is 0 Å². The summed E-state index contributed by atoms with van der Waals surface area (Å²) in [5.41, 5.74) is 0.820. The highest BCUT2D eigenvalue weighted by molar-refractivity contribution is 6.39. The fourth-order valence-electron chi connectivity index (χ4n) is 8.81. The van der Waals surface area contributed by atoms with Gasteiger partial charge in [-0.05, 0) is 75.9 Å². The molecule has 5 aromatic carbocycles. The van der Waals surface area contributed by atoms with Crippen molar-refractivity contribution in [1.82, 2.24) is 0 Å². The normalized spacial score (nSPS) is 23.2. The first-order valence-corrected chi connectivity index (χ1v) is 17.1. The highest BCUT2D eigenvalue weighted by Crippen LogP contribution is 2.74. The molecule has 2 bridgehead atoms.